The second-order valence-corrected chi connectivity index (χ2v) is 2.15. The van der Waals surface area contributed by atoms with Crippen molar-refractivity contribution >= 4 is 17.6 Å². The monoisotopic (exact) mass is 172 g/mol. The number of esters is 1. The minimum atomic E-state index is -3.48. The Bertz CT molecular complexity index is 121. The zero-order valence-electron chi connectivity index (χ0n) is 5.36. The fraction of sp³-hybridized carbons (Fsp3) is 0.800. The van der Waals surface area contributed by atoms with Crippen LogP contribution in [0.15, 0.2) is 0 Å². The van der Waals surface area contributed by atoms with E-state index in [4.69, 9.17) is 0 Å². The van der Waals surface area contributed by atoms with Crippen LogP contribution in [0.5, 0.6) is 0 Å². The third-order valence-corrected chi connectivity index (χ3v) is 0.784. The molecule has 0 aliphatic carbocycles. The molecule has 0 radical (unpaired) electrons. The van der Waals surface area contributed by atoms with Gasteiger partial charge in [0.15, 0.2) is 0 Å². The van der Waals surface area contributed by atoms with Crippen LogP contribution in [-0.4, -0.2) is 18.0 Å². The second kappa shape index (κ2) is 3.71. The van der Waals surface area contributed by atoms with Crippen molar-refractivity contribution in [1.29, 1.82) is 0 Å². The molecule has 60 valence electrons. The topological polar surface area (TPSA) is 26.3 Å². The lowest BCUT2D eigenvalue weighted by molar-refractivity contribution is -0.147. The molecule has 0 aromatic carbocycles. The molecule has 0 saturated heterocycles. The molecule has 0 atom stereocenters. The van der Waals surface area contributed by atoms with E-state index in [9.17, 15) is 13.6 Å². The third-order valence-electron chi connectivity index (χ3n) is 0.650. The number of alkyl halides is 3. The first kappa shape index (κ1) is 9.62. The number of halogens is 3. The maximum atomic E-state index is 11.8. The summed E-state index contributed by atoms with van der Waals surface area (Å²) in [4.78, 5) is 10.3. The molecule has 0 spiro atoms. The summed E-state index contributed by atoms with van der Waals surface area (Å²) < 4.78 is 27.7. The smallest absolute Gasteiger partial charge is 0.332 e. The molecule has 0 amide bonds. The molecule has 0 bridgehead atoms. The average molecular weight is 173 g/mol. The average Bonchev–Trinajstić information content (AvgIpc) is 1.59. The lowest BCUT2D eigenvalue weighted by Crippen LogP contribution is -2.15. The minimum absolute atomic E-state index is 0.0891. The van der Waals surface area contributed by atoms with Crippen molar-refractivity contribution in [2.45, 2.75) is 18.7 Å². The van der Waals surface area contributed by atoms with Crippen LogP contribution in [0.4, 0.5) is 8.78 Å². The second-order valence-electron chi connectivity index (χ2n) is 1.60. The SMILES string of the molecule is CCOC(=O)CC(F)(F)Cl. The van der Waals surface area contributed by atoms with Gasteiger partial charge in [0.2, 0.25) is 0 Å². The molecule has 0 unspecified atom stereocenters. The van der Waals surface area contributed by atoms with Crippen LogP contribution in [0, 0.1) is 0 Å². The Hall–Kier alpha value is -0.380. The van der Waals surface area contributed by atoms with E-state index in [0.717, 1.165) is 0 Å². The van der Waals surface area contributed by atoms with Gasteiger partial charge in [0.1, 0.15) is 6.42 Å². The zero-order chi connectivity index (χ0) is 8.20. The number of hydrogen-bond acceptors (Lipinski definition) is 2. The highest BCUT2D eigenvalue weighted by Gasteiger charge is 2.29. The highest BCUT2D eigenvalue weighted by molar-refractivity contribution is 6.22. The fourth-order valence-electron chi connectivity index (χ4n) is 0.376. The molecular weight excluding hydrogens is 166 g/mol. The number of carbonyl (C=O) groups is 1. The summed E-state index contributed by atoms with van der Waals surface area (Å²) in [6, 6.07) is 0. The lowest BCUT2D eigenvalue weighted by atomic mass is 10.4. The molecule has 0 rings (SSSR count). The number of rotatable bonds is 3. The van der Waals surface area contributed by atoms with Gasteiger partial charge in [0, 0.05) is 0 Å². The Kier molecular flexibility index (Phi) is 3.57. The number of carbonyl (C=O) groups excluding carboxylic acids is 1. The summed E-state index contributed by atoms with van der Waals surface area (Å²) >= 11 is 4.43. The van der Waals surface area contributed by atoms with Crippen LogP contribution in [0.2, 0.25) is 0 Å². The quantitative estimate of drug-likeness (QED) is 0.479. The molecular formula is C5H7ClF2O2. The van der Waals surface area contributed by atoms with Crippen LogP contribution >= 0.6 is 11.6 Å². The maximum absolute atomic E-state index is 11.8. The van der Waals surface area contributed by atoms with Crippen molar-refractivity contribution in [3.05, 3.63) is 0 Å². The van der Waals surface area contributed by atoms with Gasteiger partial charge in [-0.1, -0.05) is 0 Å². The van der Waals surface area contributed by atoms with E-state index < -0.39 is 17.8 Å². The molecule has 0 aromatic rings. The Morgan fingerprint density at radius 1 is 1.70 bits per heavy atom. The van der Waals surface area contributed by atoms with E-state index in [1.54, 1.807) is 0 Å². The van der Waals surface area contributed by atoms with Gasteiger partial charge in [-0.05, 0) is 18.5 Å². The summed E-state index contributed by atoms with van der Waals surface area (Å²) in [6.45, 7) is 1.62. The molecule has 0 saturated carbocycles. The van der Waals surface area contributed by atoms with E-state index in [-0.39, 0.29) is 6.61 Å². The first-order chi connectivity index (χ1) is 4.45. The Balaban J connectivity index is 3.58. The molecule has 0 fully saturated rings. The fourth-order valence-corrected chi connectivity index (χ4v) is 0.485. The van der Waals surface area contributed by atoms with E-state index >= 15 is 0 Å². The minimum Gasteiger partial charge on any atom is -0.466 e. The highest BCUT2D eigenvalue weighted by atomic mass is 35.5. The van der Waals surface area contributed by atoms with Crippen LogP contribution in [0.25, 0.3) is 0 Å². The predicted octanol–water partition coefficient (Wildman–Crippen LogP) is 1.77. The summed E-state index contributed by atoms with van der Waals surface area (Å²) in [7, 11) is 0. The van der Waals surface area contributed by atoms with Crippen molar-refractivity contribution < 1.29 is 18.3 Å². The van der Waals surface area contributed by atoms with E-state index in [1.807, 2.05) is 0 Å². The van der Waals surface area contributed by atoms with Crippen molar-refractivity contribution in [2.24, 2.45) is 0 Å². The third kappa shape index (κ3) is 5.75. The summed E-state index contributed by atoms with van der Waals surface area (Å²) in [5.74, 6) is -0.984. The number of hydrogen-bond donors (Lipinski definition) is 0. The normalized spacial score (nSPS) is 11.2. The van der Waals surface area contributed by atoms with Crippen molar-refractivity contribution in [3.8, 4) is 0 Å². The van der Waals surface area contributed by atoms with Crippen molar-refractivity contribution in [3.63, 3.8) is 0 Å². The van der Waals surface area contributed by atoms with Crippen molar-refractivity contribution in [1.82, 2.24) is 0 Å². The van der Waals surface area contributed by atoms with Gasteiger partial charge in [-0.25, -0.2) is 0 Å². The van der Waals surface area contributed by atoms with Gasteiger partial charge in [-0.2, -0.15) is 8.78 Å². The van der Waals surface area contributed by atoms with Gasteiger partial charge >= 0.3 is 11.4 Å². The van der Waals surface area contributed by atoms with Gasteiger partial charge in [-0.3, -0.25) is 4.79 Å². The van der Waals surface area contributed by atoms with Gasteiger partial charge in [0.05, 0.1) is 6.61 Å². The van der Waals surface area contributed by atoms with E-state index in [0.29, 0.717) is 0 Å². The highest BCUT2D eigenvalue weighted by Crippen LogP contribution is 2.23. The molecule has 2 nitrogen and oxygen atoms in total. The first-order valence-electron chi connectivity index (χ1n) is 2.68. The molecule has 0 aliphatic rings. The van der Waals surface area contributed by atoms with Gasteiger partial charge < -0.3 is 4.74 Å². The molecule has 0 N–H and O–H groups in total. The number of ether oxygens (including phenoxy) is 1. The van der Waals surface area contributed by atoms with Crippen LogP contribution < -0.4 is 0 Å². The molecule has 0 aliphatic heterocycles. The molecule has 0 aromatic heterocycles. The summed E-state index contributed by atoms with van der Waals surface area (Å²) in [6.07, 6.45) is -1.07. The molecule has 5 heteroatoms. The Labute approximate surface area is 62.1 Å². The van der Waals surface area contributed by atoms with Crippen LogP contribution in [0.3, 0.4) is 0 Å². The first-order valence-corrected chi connectivity index (χ1v) is 3.06. The molecule has 0 heterocycles. The largest absolute Gasteiger partial charge is 0.466 e. The van der Waals surface area contributed by atoms with Crippen LogP contribution in [0.1, 0.15) is 13.3 Å². The predicted molar refractivity (Wildman–Crippen MR) is 32.0 cm³/mol. The Morgan fingerprint density at radius 2 is 2.20 bits per heavy atom. The molecule has 10 heavy (non-hydrogen) atoms. The standard InChI is InChI=1S/C5H7ClF2O2/c1-2-10-4(9)3-5(6,7)8/h2-3H2,1H3. The van der Waals surface area contributed by atoms with Gasteiger partial charge in [0.25, 0.3) is 0 Å². The summed E-state index contributed by atoms with van der Waals surface area (Å²) in [5, 5.41) is -3.48. The van der Waals surface area contributed by atoms with E-state index in [1.165, 1.54) is 6.92 Å². The maximum Gasteiger partial charge on any atom is 0.332 e. The van der Waals surface area contributed by atoms with Crippen LogP contribution in [-0.2, 0) is 9.53 Å². The van der Waals surface area contributed by atoms with Gasteiger partial charge in [-0.15, -0.1) is 0 Å². The Morgan fingerprint density at radius 3 is 2.50 bits per heavy atom. The van der Waals surface area contributed by atoms with Crippen molar-refractivity contribution in [2.75, 3.05) is 6.61 Å². The lowest BCUT2D eigenvalue weighted by Gasteiger charge is -2.05. The van der Waals surface area contributed by atoms with E-state index in [2.05, 4.69) is 16.3 Å². The summed E-state index contributed by atoms with van der Waals surface area (Å²) in [5.41, 5.74) is 0. The zero-order valence-corrected chi connectivity index (χ0v) is 6.12.